The molecule has 2 unspecified atom stereocenters. The van der Waals surface area contributed by atoms with Gasteiger partial charge < -0.3 is 35.4 Å². The number of hydrogen-bond acceptors (Lipinski definition) is 21. The van der Waals surface area contributed by atoms with Crippen LogP contribution in [0, 0.1) is 11.6 Å². The molecule has 1 aliphatic carbocycles. The number of fused-ring (bicyclic) bond motifs is 4. The first kappa shape index (κ1) is 72.9. The first-order chi connectivity index (χ1) is 54.0. The molecule has 0 spiro atoms. The predicted molar refractivity (Wildman–Crippen MR) is 419 cm³/mol. The van der Waals surface area contributed by atoms with Crippen molar-refractivity contribution in [3.8, 4) is 22.8 Å². The van der Waals surface area contributed by atoms with Crippen LogP contribution in [0.5, 0.6) is 0 Å². The molecule has 4 atom stereocenters. The summed E-state index contributed by atoms with van der Waals surface area (Å²) in [4.78, 5) is 117. The number of aromatic nitrogens is 12. The van der Waals surface area contributed by atoms with Crippen LogP contribution >= 0.6 is 0 Å². The van der Waals surface area contributed by atoms with Crippen LogP contribution < -0.4 is 47.3 Å². The quantitative estimate of drug-likeness (QED) is 0.0353. The molecule has 12 aromatic rings. The number of halogens is 2. The van der Waals surface area contributed by atoms with Gasteiger partial charge in [-0.2, -0.15) is 0 Å². The molecule has 13 heterocycles. The van der Waals surface area contributed by atoms with Crippen LogP contribution in [0.25, 0.3) is 56.1 Å². The Morgan fingerprint density at radius 2 is 1.05 bits per heavy atom. The third-order valence-corrected chi connectivity index (χ3v) is 22.2. The zero-order valence-electron chi connectivity index (χ0n) is 61.7. The van der Waals surface area contributed by atoms with Gasteiger partial charge in [-0.25, -0.2) is 47.3 Å². The Kier molecular flexibility index (Phi) is 20.6. The third kappa shape index (κ3) is 14.7. The lowest BCUT2D eigenvalue weighted by atomic mass is 9.93. The number of imide groups is 1. The number of hydrogen-bond donors (Lipinski definition) is 3. The average molecular weight is 1500 g/mol. The van der Waals surface area contributed by atoms with Gasteiger partial charge in [0.1, 0.15) is 64.4 Å². The maximum Gasteiger partial charge on any atom is 0.329 e. The molecule has 2 amide bonds. The third-order valence-electron chi connectivity index (χ3n) is 22.2. The molecule has 30 heteroatoms. The number of nitrogens with one attached hydrogen (secondary N) is 2. The highest BCUT2D eigenvalue weighted by atomic mass is 19.1. The minimum absolute atomic E-state index is 0.0609. The summed E-state index contributed by atoms with van der Waals surface area (Å²) < 4.78 is 37.7. The van der Waals surface area contributed by atoms with Crippen molar-refractivity contribution < 1.29 is 32.8 Å². The molecule has 28 nitrogen and oxygen atoms in total. The Morgan fingerprint density at radius 3 is 1.59 bits per heavy atom. The number of rotatable bonds is 16. The molecule has 6 fully saturated rings. The number of nitrogens with zero attached hydrogens (tertiary/aromatic N) is 18. The number of imidazole rings is 4. The Balaban J connectivity index is 0.000000142. The molecule has 1 saturated carbocycles. The fourth-order valence-corrected chi connectivity index (χ4v) is 16.6. The standard InChI is InChI=1S/C41H43FN10O3.C27H28FN7O.C13H14N4O3/c1-47-40-31(9-3-10-34(40)51(41(47)55)33-14-13-29(53)25-36(33)54)43-17-19-48-20-22-49(23-21-48)38-12-4-8-30(45-38)35-26-44-37-15-16-39(46-52(35)37)50-18-5-11-32(50)27-6-2-7-28(42)24-27;28-21-5-1-4-20(18-21)23-7-3-11-34(23)27-10-9-25-29-19-24(35(25)31-27)22-6-2-8-26(30-22)33-14-12-32(13-15-33)16-17-36;1-16-11-7(14)3-2-4-8(11)17(13(16)20)9-5-6-10(18)15-12(9)19/h2-4,6-10,12,15-16,24,26,32-33,43H,5,11,13-14,17-23,25H2,1H3;1-2,4-6,8-10,17-19,23H,3,7,11-16H2;2-4,9H,5-6,14H2,1H3,(H,15,18,19)/t32-,33?;23-;/m11./s1. The van der Waals surface area contributed by atoms with E-state index in [-0.39, 0.29) is 65.4 Å². The van der Waals surface area contributed by atoms with Crippen LogP contribution in [-0.2, 0) is 38.1 Å². The lowest BCUT2D eigenvalue weighted by molar-refractivity contribution is -0.136. The van der Waals surface area contributed by atoms with Crippen LogP contribution in [0.15, 0.2) is 168 Å². The minimum Gasteiger partial charge on any atom is -0.397 e. The van der Waals surface area contributed by atoms with E-state index in [1.807, 2.05) is 112 Å². The van der Waals surface area contributed by atoms with Crippen molar-refractivity contribution in [3.05, 3.63) is 202 Å². The lowest BCUT2D eigenvalue weighted by Gasteiger charge is -2.35. The number of nitrogens with two attached hydrogens (primary N) is 1. The van der Waals surface area contributed by atoms with Gasteiger partial charge in [0, 0.05) is 105 Å². The number of piperazine rings is 2. The maximum absolute atomic E-state index is 14.1. The number of amides is 2. The molecular weight excluding hydrogens is 1420 g/mol. The number of anilines is 6. The van der Waals surface area contributed by atoms with Crippen molar-refractivity contribution in [2.24, 2.45) is 14.1 Å². The predicted octanol–water partition coefficient (Wildman–Crippen LogP) is 8.52. The Hall–Kier alpha value is -12.3. The van der Waals surface area contributed by atoms with Gasteiger partial charge in [-0.3, -0.25) is 52.6 Å². The summed E-state index contributed by atoms with van der Waals surface area (Å²) in [6, 6.07) is 43.6. The highest BCUT2D eigenvalue weighted by Crippen LogP contribution is 2.39. The average Bonchev–Trinajstić information content (AvgIpc) is 1.61. The maximum atomic E-state index is 14.1. The van der Waals surface area contributed by atoms with Gasteiger partial charge in [0.25, 0.3) is 0 Å². The van der Waals surface area contributed by atoms with E-state index < -0.39 is 18.0 Å². The van der Waals surface area contributed by atoms with Crippen molar-refractivity contribution >= 4 is 97.7 Å². The highest BCUT2D eigenvalue weighted by molar-refractivity contribution is 6.04. The minimum atomic E-state index is -0.675. The molecular formula is C81H85F2N21O7. The van der Waals surface area contributed by atoms with E-state index in [2.05, 4.69) is 50.0 Å². The second kappa shape index (κ2) is 31.3. The van der Waals surface area contributed by atoms with Gasteiger partial charge in [0.05, 0.1) is 88.3 Å². The number of aldehydes is 1. The fraction of sp³-hybridized carbons (Fsp3) is 0.346. The molecule has 6 aliphatic rings. The normalized spacial score (nSPS) is 19.3. The number of carbonyl (C=O) groups is 5. The number of pyridine rings is 2. The topological polar surface area (TPSA) is 295 Å². The van der Waals surface area contributed by atoms with Gasteiger partial charge in [-0.1, -0.05) is 48.5 Å². The second-order valence-electron chi connectivity index (χ2n) is 29.0. The first-order valence-electron chi connectivity index (χ1n) is 37.9. The van der Waals surface area contributed by atoms with Crippen LogP contribution in [0.4, 0.5) is 43.4 Å². The van der Waals surface area contributed by atoms with Crippen molar-refractivity contribution in [1.29, 1.82) is 0 Å². The molecule has 18 rings (SSSR count). The van der Waals surface area contributed by atoms with Gasteiger partial charge in [0.2, 0.25) is 11.8 Å². The number of para-hydroxylation sites is 2. The zero-order valence-corrected chi connectivity index (χ0v) is 61.7. The lowest BCUT2D eigenvalue weighted by Crippen LogP contribution is -2.47. The Bertz CT molecular complexity index is 5670. The van der Waals surface area contributed by atoms with E-state index in [1.54, 1.807) is 65.7 Å². The summed E-state index contributed by atoms with van der Waals surface area (Å²) in [6.07, 6.45) is 9.64. The van der Waals surface area contributed by atoms with Crippen LogP contribution in [0.2, 0.25) is 0 Å². The number of aryl methyl sites for hydroxylation is 2. The molecule has 5 saturated heterocycles. The summed E-state index contributed by atoms with van der Waals surface area (Å²) in [5, 5.41) is 15.8. The SMILES string of the molecule is Cn1c(=O)n(C2CCC(=O)CC2=O)c2cccc(NCCN3CCN(c4cccc(-c5cnc6ccc(N7CCC[C@@H]7c7cccc(F)c7)nn56)n4)CC3)c21.Cn1c(=O)n(C2CCC(=O)NC2=O)c2cccc(N)c21.O=CCN1CCN(c2cccc(-c3cnc4ccc(N5CCC[C@@H]5c5cccc(F)c5)nn34)n2)CC1. The number of benzene rings is 4. The Labute approximate surface area is 636 Å². The number of Topliss-reactive ketones (excluding diaryl/α,β-unsaturated/α-hetero) is 2. The molecule has 570 valence electrons. The first-order valence-corrected chi connectivity index (χ1v) is 37.9. The van der Waals surface area contributed by atoms with E-state index in [1.165, 1.54) is 21.3 Å². The zero-order chi connectivity index (χ0) is 76.6. The summed E-state index contributed by atoms with van der Waals surface area (Å²) in [5.41, 5.74) is 16.0. The summed E-state index contributed by atoms with van der Waals surface area (Å²) in [6.45, 7) is 10.4. The van der Waals surface area contributed by atoms with E-state index in [9.17, 15) is 42.3 Å². The monoisotopic (exact) mass is 1500 g/mol. The number of nitrogen functional groups attached to an aromatic ring is 1. The van der Waals surface area contributed by atoms with Crippen molar-refractivity contribution in [3.63, 3.8) is 0 Å². The van der Waals surface area contributed by atoms with Gasteiger partial charge in [-0.05, 0) is 147 Å². The van der Waals surface area contributed by atoms with E-state index in [4.69, 9.17) is 25.9 Å². The van der Waals surface area contributed by atoms with Crippen molar-refractivity contribution in [2.45, 2.75) is 82.0 Å². The second-order valence-corrected chi connectivity index (χ2v) is 29.0. The summed E-state index contributed by atoms with van der Waals surface area (Å²) in [7, 11) is 3.35. The molecule has 4 N–H and O–H groups in total. The smallest absolute Gasteiger partial charge is 0.329 e. The highest BCUT2D eigenvalue weighted by Gasteiger charge is 2.35. The van der Waals surface area contributed by atoms with Crippen molar-refractivity contribution in [1.82, 2.24) is 72.5 Å². The number of piperidine rings is 1. The molecule has 8 aromatic heterocycles. The van der Waals surface area contributed by atoms with E-state index >= 15 is 0 Å². The molecule has 0 bridgehead atoms. The molecule has 5 aliphatic heterocycles. The number of carbonyl (C=O) groups excluding carboxylic acids is 5. The molecule has 4 aromatic carbocycles. The summed E-state index contributed by atoms with van der Waals surface area (Å²) >= 11 is 0. The van der Waals surface area contributed by atoms with Gasteiger partial charge in [0.15, 0.2) is 17.1 Å². The van der Waals surface area contributed by atoms with Crippen LogP contribution in [-0.4, -0.2) is 182 Å². The largest absolute Gasteiger partial charge is 0.397 e. The van der Waals surface area contributed by atoms with Crippen LogP contribution in [0.3, 0.4) is 0 Å². The van der Waals surface area contributed by atoms with Gasteiger partial charge in [-0.15, -0.1) is 10.2 Å². The Morgan fingerprint density at radius 1 is 0.532 bits per heavy atom. The van der Waals surface area contributed by atoms with Crippen LogP contribution in [0.1, 0.15) is 93.1 Å². The van der Waals surface area contributed by atoms with E-state index in [0.29, 0.717) is 54.6 Å². The van der Waals surface area contributed by atoms with Crippen molar-refractivity contribution in [2.75, 3.05) is 116 Å². The summed E-state index contributed by atoms with van der Waals surface area (Å²) in [5.74, 6) is 2.05. The molecule has 0 radical (unpaired) electrons. The van der Waals surface area contributed by atoms with Gasteiger partial charge >= 0.3 is 11.4 Å². The number of ketones is 2. The fourth-order valence-electron chi connectivity index (χ4n) is 16.6. The molecule has 111 heavy (non-hydrogen) atoms. The van der Waals surface area contributed by atoms with E-state index in [0.717, 1.165) is 184 Å².